The molecule has 0 saturated heterocycles. The quantitative estimate of drug-likeness (QED) is 0.492. The maximum absolute atomic E-state index is 12.6. The smallest absolute Gasteiger partial charge is 0.338 e. The number of carbonyl (C=O) groups is 3. The number of aliphatic carboxylic acids is 1. The van der Waals surface area contributed by atoms with E-state index in [0.29, 0.717) is 0 Å². The van der Waals surface area contributed by atoms with Crippen molar-refractivity contribution in [3.63, 3.8) is 0 Å². The highest BCUT2D eigenvalue weighted by Gasteiger charge is 2.71. The number of ketones is 1. The lowest BCUT2D eigenvalue weighted by molar-refractivity contribution is -0.145. The summed E-state index contributed by atoms with van der Waals surface area (Å²) in [7, 11) is 0. The minimum atomic E-state index is -1.72. The topological polar surface area (TPSA) is 95.5 Å². The van der Waals surface area contributed by atoms with Crippen molar-refractivity contribution in [2.75, 3.05) is 13.1 Å². The van der Waals surface area contributed by atoms with E-state index in [1.165, 1.54) is 0 Å². The van der Waals surface area contributed by atoms with Crippen LogP contribution in [0.25, 0.3) is 0 Å². The Bertz CT molecular complexity index is 545. The molecular weight excluding hydrogens is 296 g/mol. The number of amides is 1. The highest BCUT2D eigenvalue weighted by atomic mass is 16.4. The molecule has 2 saturated carbocycles. The van der Waals surface area contributed by atoms with Gasteiger partial charge < -0.3 is 15.7 Å². The first-order valence-corrected chi connectivity index (χ1v) is 8.54. The molecule has 23 heavy (non-hydrogen) atoms. The number of allylic oxidation sites excluding steroid dienone is 1. The summed E-state index contributed by atoms with van der Waals surface area (Å²) in [4.78, 5) is 36.3. The number of carboxylic acids is 1. The molecule has 2 aliphatic carbocycles. The molecule has 0 radical (unpaired) electrons. The molecular formula is C17H24N2O4. The molecule has 6 nitrogen and oxygen atoms in total. The molecule has 0 aromatic heterocycles. The van der Waals surface area contributed by atoms with Crippen LogP contribution >= 0.6 is 0 Å². The predicted octanol–water partition coefficient (Wildman–Crippen LogP) is 0.871. The summed E-state index contributed by atoms with van der Waals surface area (Å²) in [5.41, 5.74) is -1.72. The Kier molecular flexibility index (Phi) is 4.53. The fourth-order valence-electron chi connectivity index (χ4n) is 3.93. The van der Waals surface area contributed by atoms with Crippen molar-refractivity contribution in [2.24, 2.45) is 17.8 Å². The van der Waals surface area contributed by atoms with E-state index in [4.69, 9.17) is 0 Å². The summed E-state index contributed by atoms with van der Waals surface area (Å²) in [6, 6.07) is 0. The lowest BCUT2D eigenvalue weighted by Crippen LogP contribution is -2.49. The second-order valence-electron chi connectivity index (χ2n) is 6.87. The van der Waals surface area contributed by atoms with Gasteiger partial charge in [0.05, 0.1) is 5.92 Å². The first-order chi connectivity index (χ1) is 11.1. The van der Waals surface area contributed by atoms with Crippen LogP contribution in [-0.2, 0) is 14.4 Å². The molecule has 0 aromatic carbocycles. The van der Waals surface area contributed by atoms with Crippen LogP contribution in [0, 0.1) is 17.8 Å². The highest BCUT2D eigenvalue weighted by molar-refractivity contribution is 6.27. The van der Waals surface area contributed by atoms with Crippen molar-refractivity contribution in [3.8, 4) is 0 Å². The Labute approximate surface area is 135 Å². The standard InChI is InChI=1S/C17H24N2O4/c20-14-13-8-3-1-2-4-9-18-10-11-6-5-7-12(11)15(21)19-17(13,14)16(22)23/h3,8,11-13,18H,1-2,4-7,9-10H2,(H,19,21)(H,22,23)/b8-3-. The molecule has 4 unspecified atom stereocenters. The van der Waals surface area contributed by atoms with E-state index in [9.17, 15) is 19.5 Å². The van der Waals surface area contributed by atoms with Gasteiger partial charge in [-0.05, 0) is 51.1 Å². The van der Waals surface area contributed by atoms with Gasteiger partial charge in [0.15, 0.2) is 5.78 Å². The lowest BCUT2D eigenvalue weighted by atomic mass is 9.94. The monoisotopic (exact) mass is 320 g/mol. The molecule has 3 N–H and O–H groups in total. The first-order valence-electron chi connectivity index (χ1n) is 8.54. The van der Waals surface area contributed by atoms with Crippen molar-refractivity contribution < 1.29 is 19.5 Å². The molecule has 3 rings (SSSR count). The van der Waals surface area contributed by atoms with E-state index >= 15 is 0 Å². The van der Waals surface area contributed by atoms with E-state index in [0.717, 1.165) is 51.6 Å². The maximum Gasteiger partial charge on any atom is 0.338 e. The number of carboxylic acid groups (broad SMARTS) is 1. The summed E-state index contributed by atoms with van der Waals surface area (Å²) < 4.78 is 0. The zero-order chi connectivity index (χ0) is 16.4. The van der Waals surface area contributed by atoms with Crippen LogP contribution in [0.5, 0.6) is 0 Å². The van der Waals surface area contributed by atoms with Gasteiger partial charge in [-0.15, -0.1) is 0 Å². The molecule has 0 aromatic rings. The Morgan fingerprint density at radius 2 is 2.04 bits per heavy atom. The molecule has 1 heterocycles. The average Bonchev–Trinajstić information content (AvgIpc) is 2.87. The zero-order valence-electron chi connectivity index (χ0n) is 13.2. The van der Waals surface area contributed by atoms with Crippen LogP contribution < -0.4 is 10.6 Å². The molecule has 3 aliphatic rings. The van der Waals surface area contributed by atoms with Crippen molar-refractivity contribution in [1.82, 2.24) is 10.6 Å². The predicted molar refractivity (Wildman–Crippen MR) is 83.7 cm³/mol. The van der Waals surface area contributed by atoms with Gasteiger partial charge in [-0.25, -0.2) is 4.79 Å². The van der Waals surface area contributed by atoms with Crippen molar-refractivity contribution in [3.05, 3.63) is 12.2 Å². The van der Waals surface area contributed by atoms with Crippen molar-refractivity contribution >= 4 is 17.7 Å². The fourth-order valence-corrected chi connectivity index (χ4v) is 3.93. The van der Waals surface area contributed by atoms with E-state index in [1.54, 1.807) is 6.08 Å². The van der Waals surface area contributed by atoms with Gasteiger partial charge in [-0.1, -0.05) is 18.6 Å². The molecule has 126 valence electrons. The minimum Gasteiger partial charge on any atom is -0.479 e. The summed E-state index contributed by atoms with van der Waals surface area (Å²) >= 11 is 0. The van der Waals surface area contributed by atoms with Gasteiger partial charge in [0, 0.05) is 5.92 Å². The van der Waals surface area contributed by atoms with Gasteiger partial charge in [-0.3, -0.25) is 9.59 Å². The van der Waals surface area contributed by atoms with Gasteiger partial charge in [-0.2, -0.15) is 0 Å². The van der Waals surface area contributed by atoms with Crippen LogP contribution in [0.4, 0.5) is 0 Å². The van der Waals surface area contributed by atoms with E-state index in [-0.39, 0.29) is 17.7 Å². The highest BCUT2D eigenvalue weighted by Crippen LogP contribution is 2.42. The first kappa shape index (κ1) is 16.2. The summed E-state index contributed by atoms with van der Waals surface area (Å²) in [5.74, 6) is -2.61. The Morgan fingerprint density at radius 3 is 2.83 bits per heavy atom. The summed E-state index contributed by atoms with van der Waals surface area (Å²) in [6.45, 7) is 1.71. The van der Waals surface area contributed by atoms with Gasteiger partial charge in [0.2, 0.25) is 11.4 Å². The third-order valence-electron chi connectivity index (χ3n) is 5.42. The Morgan fingerprint density at radius 1 is 1.22 bits per heavy atom. The van der Waals surface area contributed by atoms with E-state index < -0.39 is 23.2 Å². The molecule has 1 amide bonds. The Hall–Kier alpha value is -1.69. The number of hydrogen-bond donors (Lipinski definition) is 3. The SMILES string of the molecule is O=C1NC2(C(=O)O)C(=O)C2/C=C\CCCCNCC2CCCC12. The molecule has 4 atom stereocenters. The van der Waals surface area contributed by atoms with Gasteiger partial charge >= 0.3 is 5.97 Å². The average molecular weight is 320 g/mol. The van der Waals surface area contributed by atoms with Crippen LogP contribution in [0.2, 0.25) is 0 Å². The van der Waals surface area contributed by atoms with Crippen molar-refractivity contribution in [2.45, 2.75) is 44.1 Å². The second kappa shape index (κ2) is 6.43. The summed E-state index contributed by atoms with van der Waals surface area (Å²) in [6.07, 6.45) is 9.10. The molecule has 2 fully saturated rings. The van der Waals surface area contributed by atoms with Crippen LogP contribution in [0.15, 0.2) is 12.2 Å². The van der Waals surface area contributed by atoms with Crippen LogP contribution in [0.1, 0.15) is 38.5 Å². The second-order valence-corrected chi connectivity index (χ2v) is 6.87. The van der Waals surface area contributed by atoms with Crippen LogP contribution in [-0.4, -0.2) is 41.4 Å². The third-order valence-corrected chi connectivity index (χ3v) is 5.42. The lowest BCUT2D eigenvalue weighted by Gasteiger charge is -2.22. The van der Waals surface area contributed by atoms with E-state index in [1.807, 2.05) is 6.08 Å². The molecule has 0 bridgehead atoms. The number of fused-ring (bicyclic) bond motifs is 2. The van der Waals surface area contributed by atoms with E-state index in [2.05, 4.69) is 10.6 Å². The molecule has 1 aliphatic heterocycles. The number of carbonyl (C=O) groups excluding carboxylic acids is 2. The minimum absolute atomic E-state index is 0.195. The number of Topliss-reactive ketones (excluding diaryl/α,β-unsaturated/α-hetero) is 1. The number of rotatable bonds is 1. The summed E-state index contributed by atoms with van der Waals surface area (Å²) in [5, 5.41) is 15.5. The van der Waals surface area contributed by atoms with Gasteiger partial charge in [0.1, 0.15) is 0 Å². The van der Waals surface area contributed by atoms with Crippen LogP contribution in [0.3, 0.4) is 0 Å². The number of hydrogen-bond acceptors (Lipinski definition) is 4. The Balaban J connectivity index is 1.81. The molecule has 0 spiro atoms. The molecule has 6 heteroatoms. The largest absolute Gasteiger partial charge is 0.479 e. The zero-order valence-corrected chi connectivity index (χ0v) is 13.2. The fraction of sp³-hybridized carbons (Fsp3) is 0.706. The normalized spacial score (nSPS) is 39.6. The maximum atomic E-state index is 12.6. The van der Waals surface area contributed by atoms with Gasteiger partial charge in [0.25, 0.3) is 0 Å². The third kappa shape index (κ3) is 2.92. The van der Waals surface area contributed by atoms with Crippen molar-refractivity contribution in [1.29, 1.82) is 0 Å². The number of nitrogens with one attached hydrogen (secondary N) is 2.